The zero-order chi connectivity index (χ0) is 20.6. The van der Waals surface area contributed by atoms with Crippen molar-refractivity contribution in [3.63, 3.8) is 0 Å². The van der Waals surface area contributed by atoms with E-state index in [1.807, 2.05) is 4.90 Å². The Morgan fingerprint density at radius 2 is 1.72 bits per heavy atom. The van der Waals surface area contributed by atoms with Crippen molar-refractivity contribution < 1.29 is 18.0 Å². The Labute approximate surface area is 168 Å². The molecule has 0 spiro atoms. The van der Waals surface area contributed by atoms with Crippen LogP contribution in [0.2, 0.25) is 0 Å². The maximum atomic E-state index is 12.7. The fraction of sp³-hybridized carbons (Fsp3) is 0.250. The number of carbonyl (C=O) groups is 2. The van der Waals surface area contributed by atoms with Gasteiger partial charge in [0.25, 0.3) is 15.9 Å². The summed E-state index contributed by atoms with van der Waals surface area (Å²) in [5.74, 6) is -0.446. The predicted molar refractivity (Wildman–Crippen MR) is 110 cm³/mol. The van der Waals surface area contributed by atoms with Crippen molar-refractivity contribution in [2.24, 2.45) is 10.1 Å². The van der Waals surface area contributed by atoms with E-state index in [9.17, 15) is 18.0 Å². The Balaban J connectivity index is 1.63. The summed E-state index contributed by atoms with van der Waals surface area (Å²) in [7, 11) is -3.86. The number of hydrogen-bond acceptors (Lipinski definition) is 5. The van der Waals surface area contributed by atoms with Crippen molar-refractivity contribution in [3.05, 3.63) is 53.6 Å². The Morgan fingerprint density at radius 1 is 1.00 bits per heavy atom. The molecule has 2 heterocycles. The summed E-state index contributed by atoms with van der Waals surface area (Å²) in [4.78, 5) is 25.7. The van der Waals surface area contributed by atoms with Crippen LogP contribution < -0.4 is 16.0 Å². The van der Waals surface area contributed by atoms with Gasteiger partial charge < -0.3 is 16.0 Å². The van der Waals surface area contributed by atoms with Gasteiger partial charge in [-0.05, 0) is 55.3 Å². The summed E-state index contributed by atoms with van der Waals surface area (Å²) < 4.78 is 29.4. The molecule has 0 unspecified atom stereocenters. The number of nitrogens with zero attached hydrogens (tertiary/aromatic N) is 2. The number of primary amides is 1. The van der Waals surface area contributed by atoms with Gasteiger partial charge in [0.2, 0.25) is 5.91 Å². The van der Waals surface area contributed by atoms with E-state index in [2.05, 4.69) is 9.71 Å². The first kappa shape index (κ1) is 19.1. The first-order valence-corrected chi connectivity index (χ1v) is 10.8. The van der Waals surface area contributed by atoms with Gasteiger partial charge in [-0.1, -0.05) is 6.42 Å². The molecule has 0 radical (unpaired) electrons. The van der Waals surface area contributed by atoms with E-state index in [1.165, 1.54) is 18.2 Å². The lowest BCUT2D eigenvalue weighted by Crippen LogP contribution is -2.35. The van der Waals surface area contributed by atoms with Gasteiger partial charge in [0, 0.05) is 29.8 Å². The van der Waals surface area contributed by atoms with Crippen molar-refractivity contribution in [2.75, 3.05) is 16.8 Å². The number of sulfonamides is 1. The van der Waals surface area contributed by atoms with E-state index < -0.39 is 21.8 Å². The van der Waals surface area contributed by atoms with Crippen molar-refractivity contribution in [1.82, 2.24) is 0 Å². The molecule has 0 atom stereocenters. The molecule has 4 rings (SSSR count). The van der Waals surface area contributed by atoms with Crippen LogP contribution in [-0.2, 0) is 10.0 Å². The van der Waals surface area contributed by atoms with Crippen LogP contribution in [0.4, 0.5) is 11.4 Å². The van der Waals surface area contributed by atoms with Gasteiger partial charge in [-0.15, -0.1) is 4.40 Å². The molecule has 0 saturated carbocycles. The van der Waals surface area contributed by atoms with Gasteiger partial charge in [0.15, 0.2) is 0 Å². The molecule has 9 heteroatoms. The summed E-state index contributed by atoms with van der Waals surface area (Å²) in [5, 5.41) is 2.69. The van der Waals surface area contributed by atoms with E-state index in [-0.39, 0.29) is 10.5 Å². The number of anilines is 2. The molecule has 29 heavy (non-hydrogen) atoms. The van der Waals surface area contributed by atoms with Crippen LogP contribution in [0.25, 0.3) is 0 Å². The topological polar surface area (TPSA) is 122 Å². The minimum Gasteiger partial charge on any atom is -0.366 e. The van der Waals surface area contributed by atoms with Crippen LogP contribution >= 0.6 is 0 Å². The summed E-state index contributed by atoms with van der Waals surface area (Å²) >= 11 is 0. The molecule has 1 saturated heterocycles. The van der Waals surface area contributed by atoms with Gasteiger partial charge in [-0.25, -0.2) is 0 Å². The molecule has 2 aliphatic rings. The average Bonchev–Trinajstić information content (AvgIpc) is 2.93. The normalized spacial score (nSPS) is 17.4. The van der Waals surface area contributed by atoms with E-state index in [0.717, 1.165) is 19.3 Å². The maximum Gasteiger partial charge on any atom is 0.286 e. The molecule has 8 nitrogen and oxygen atoms in total. The van der Waals surface area contributed by atoms with Gasteiger partial charge >= 0.3 is 0 Å². The number of amidine groups is 1. The number of rotatable bonds is 3. The average molecular weight is 412 g/mol. The molecule has 150 valence electrons. The summed E-state index contributed by atoms with van der Waals surface area (Å²) in [6.45, 7) is 0.707. The van der Waals surface area contributed by atoms with Crippen LogP contribution in [0.1, 0.15) is 46.4 Å². The van der Waals surface area contributed by atoms with E-state index in [0.29, 0.717) is 35.7 Å². The van der Waals surface area contributed by atoms with E-state index >= 15 is 0 Å². The molecule has 1 fully saturated rings. The van der Waals surface area contributed by atoms with Gasteiger partial charge in [-0.3, -0.25) is 9.59 Å². The van der Waals surface area contributed by atoms with E-state index in [1.54, 1.807) is 24.3 Å². The number of carbonyl (C=O) groups excluding carboxylic acids is 2. The molecular formula is C20H20N4O4S. The molecule has 2 aliphatic heterocycles. The standard InChI is InChI=1S/C20H20N4O4S/c21-19(25)13-5-8-15(9-6-13)22-20(26)14-7-10-16-17(12-14)29(27,28)23-18-4-2-1-3-11-24(16)18/h5-10,12H,1-4,11H2,(H2,21,25)(H,22,26). The van der Waals surface area contributed by atoms with Crippen molar-refractivity contribution in [1.29, 1.82) is 0 Å². The molecule has 3 N–H and O–H groups in total. The first-order chi connectivity index (χ1) is 13.8. The molecule has 0 aliphatic carbocycles. The SMILES string of the molecule is NC(=O)c1ccc(NC(=O)c2ccc3c(c2)S(=O)(=O)N=C2CCCCCN23)cc1. The van der Waals surface area contributed by atoms with E-state index in [4.69, 9.17) is 5.73 Å². The lowest BCUT2D eigenvalue weighted by atomic mass is 10.1. The van der Waals surface area contributed by atoms with Crippen molar-refractivity contribution >= 4 is 39.0 Å². The highest BCUT2D eigenvalue weighted by molar-refractivity contribution is 7.90. The zero-order valence-electron chi connectivity index (χ0n) is 15.6. The molecule has 2 aromatic carbocycles. The van der Waals surface area contributed by atoms with Crippen LogP contribution in [0.5, 0.6) is 0 Å². The summed E-state index contributed by atoms with van der Waals surface area (Å²) in [5.41, 5.74) is 6.78. The van der Waals surface area contributed by atoms with Gasteiger partial charge in [0.1, 0.15) is 10.7 Å². The Kier molecular flexibility index (Phi) is 4.83. The lowest BCUT2D eigenvalue weighted by molar-refractivity contribution is 0.0998. The minimum atomic E-state index is -3.86. The lowest BCUT2D eigenvalue weighted by Gasteiger charge is -2.29. The molecule has 2 amide bonds. The number of fused-ring (bicyclic) bond motifs is 3. The summed E-state index contributed by atoms with van der Waals surface area (Å²) in [6.07, 6.45) is 3.53. The van der Waals surface area contributed by atoms with Crippen LogP contribution in [0, 0.1) is 0 Å². The second kappa shape index (κ2) is 7.32. The highest BCUT2D eigenvalue weighted by Crippen LogP contribution is 2.35. The van der Waals surface area contributed by atoms with Crippen molar-refractivity contribution in [2.45, 2.75) is 30.6 Å². The number of hydrogen-bond donors (Lipinski definition) is 2. The van der Waals surface area contributed by atoms with Gasteiger partial charge in [0.05, 0.1) is 5.69 Å². The highest BCUT2D eigenvalue weighted by Gasteiger charge is 2.32. The third-order valence-corrected chi connectivity index (χ3v) is 6.37. The monoisotopic (exact) mass is 412 g/mol. The molecular weight excluding hydrogens is 392 g/mol. The van der Waals surface area contributed by atoms with Crippen molar-refractivity contribution in [3.8, 4) is 0 Å². The number of nitrogens with one attached hydrogen (secondary N) is 1. The first-order valence-electron chi connectivity index (χ1n) is 9.32. The van der Waals surface area contributed by atoms with Crippen LogP contribution in [0.15, 0.2) is 51.8 Å². The second-order valence-corrected chi connectivity index (χ2v) is 8.60. The number of nitrogens with two attached hydrogens (primary N) is 1. The Morgan fingerprint density at radius 3 is 2.45 bits per heavy atom. The minimum absolute atomic E-state index is 0.0416. The molecule has 0 aromatic heterocycles. The number of benzene rings is 2. The quantitative estimate of drug-likeness (QED) is 0.802. The largest absolute Gasteiger partial charge is 0.366 e. The maximum absolute atomic E-state index is 12.7. The molecule has 0 bridgehead atoms. The fourth-order valence-electron chi connectivity index (χ4n) is 3.54. The Bertz CT molecular complexity index is 1120. The third-order valence-electron chi connectivity index (χ3n) is 5.04. The second-order valence-electron chi connectivity index (χ2n) is 7.02. The fourth-order valence-corrected chi connectivity index (χ4v) is 4.83. The van der Waals surface area contributed by atoms with Crippen LogP contribution in [-0.4, -0.2) is 32.6 Å². The number of amides is 2. The third kappa shape index (κ3) is 3.73. The molecule has 2 aromatic rings. The Hall–Kier alpha value is -3.20. The van der Waals surface area contributed by atoms with Crippen LogP contribution in [0.3, 0.4) is 0 Å². The smallest absolute Gasteiger partial charge is 0.286 e. The summed E-state index contributed by atoms with van der Waals surface area (Å²) in [6, 6.07) is 10.8. The van der Waals surface area contributed by atoms with Gasteiger partial charge in [-0.2, -0.15) is 8.42 Å². The highest BCUT2D eigenvalue weighted by atomic mass is 32.2. The predicted octanol–water partition coefficient (Wildman–Crippen LogP) is 2.52. The zero-order valence-corrected chi connectivity index (χ0v) is 16.4.